The summed E-state index contributed by atoms with van der Waals surface area (Å²) in [6.45, 7) is 3.41. The number of aromatic nitrogens is 4. The molecule has 10 nitrogen and oxygen atoms in total. The quantitative estimate of drug-likeness (QED) is 0.253. The van der Waals surface area contributed by atoms with E-state index in [4.69, 9.17) is 9.47 Å². The van der Waals surface area contributed by atoms with E-state index < -0.39 is 35.2 Å². The molecule has 1 saturated heterocycles. The number of urea groups is 1. The molecule has 41 heavy (non-hydrogen) atoms. The number of benzene rings is 1. The predicted octanol–water partition coefficient (Wildman–Crippen LogP) is 5.48. The summed E-state index contributed by atoms with van der Waals surface area (Å²) >= 11 is 0.926. The van der Waals surface area contributed by atoms with E-state index in [9.17, 15) is 31.1 Å². The first-order valence-electron chi connectivity index (χ1n) is 12.4. The molecule has 4 rings (SSSR count). The summed E-state index contributed by atoms with van der Waals surface area (Å²) in [5.74, 6) is 0.694. The fourth-order valence-corrected chi connectivity index (χ4v) is 4.31. The molecular weight excluding hydrogens is 580 g/mol. The highest BCUT2D eigenvalue weighted by Crippen LogP contribution is 2.37. The van der Waals surface area contributed by atoms with Gasteiger partial charge in [0.2, 0.25) is 5.82 Å². The minimum atomic E-state index is -5.02. The molecule has 0 bridgehead atoms. The monoisotopic (exact) mass is 605 g/mol. The number of anilines is 2. The van der Waals surface area contributed by atoms with E-state index in [0.29, 0.717) is 30.3 Å². The lowest BCUT2D eigenvalue weighted by atomic mass is 10.1. The van der Waals surface area contributed by atoms with E-state index >= 15 is 0 Å². The molecule has 2 aromatic heterocycles. The average Bonchev–Trinajstić information content (AvgIpc) is 3.40. The van der Waals surface area contributed by atoms with Crippen LogP contribution in [0.5, 0.6) is 11.9 Å². The van der Waals surface area contributed by atoms with Crippen molar-refractivity contribution in [3.8, 4) is 11.9 Å². The smallest absolute Gasteiger partial charge is 0.416 e. The molecule has 0 radical (unpaired) electrons. The number of carbonyl (C=O) groups excluding carboxylic acids is 1. The van der Waals surface area contributed by atoms with Crippen LogP contribution in [0.3, 0.4) is 0 Å². The van der Waals surface area contributed by atoms with Gasteiger partial charge in [0.25, 0.3) is 5.88 Å². The zero-order valence-electron chi connectivity index (χ0n) is 21.6. The van der Waals surface area contributed by atoms with Crippen molar-refractivity contribution < 1.29 is 40.6 Å². The average molecular weight is 606 g/mol. The van der Waals surface area contributed by atoms with E-state index in [1.54, 1.807) is 12.3 Å². The maximum atomic E-state index is 13.1. The SMILES string of the molecule is CCCCOc1nccc(COc2nsnc2N2CCN(C(=O)Nc3cc(C(F)(F)F)cc(C(F)(F)F)c3)CC2)n1. The minimum Gasteiger partial charge on any atom is -0.468 e. The molecule has 1 aromatic carbocycles. The molecule has 0 spiro atoms. The van der Waals surface area contributed by atoms with Crippen molar-refractivity contribution in [3.05, 3.63) is 47.3 Å². The van der Waals surface area contributed by atoms with Crippen LogP contribution in [0.15, 0.2) is 30.5 Å². The van der Waals surface area contributed by atoms with Gasteiger partial charge in [0.1, 0.15) is 6.61 Å². The first-order chi connectivity index (χ1) is 19.4. The second-order valence-corrected chi connectivity index (χ2v) is 9.44. The van der Waals surface area contributed by atoms with Crippen molar-refractivity contribution in [1.29, 1.82) is 0 Å². The Balaban J connectivity index is 1.34. The normalized spacial score (nSPS) is 14.2. The Kier molecular flexibility index (Phi) is 9.35. The molecule has 1 aliphatic heterocycles. The second kappa shape index (κ2) is 12.7. The lowest BCUT2D eigenvalue weighted by Crippen LogP contribution is -2.50. The van der Waals surface area contributed by atoms with E-state index in [-0.39, 0.29) is 50.7 Å². The van der Waals surface area contributed by atoms with Gasteiger partial charge in [-0.15, -0.1) is 4.37 Å². The van der Waals surface area contributed by atoms with Crippen LogP contribution in [-0.2, 0) is 19.0 Å². The van der Waals surface area contributed by atoms with Crippen molar-refractivity contribution in [3.63, 3.8) is 0 Å². The molecule has 3 heterocycles. The molecule has 222 valence electrons. The highest BCUT2D eigenvalue weighted by molar-refractivity contribution is 6.99. The number of alkyl halides is 6. The van der Waals surface area contributed by atoms with Gasteiger partial charge in [0.05, 0.1) is 35.2 Å². The van der Waals surface area contributed by atoms with Gasteiger partial charge in [0.15, 0.2) is 0 Å². The summed E-state index contributed by atoms with van der Waals surface area (Å²) in [4.78, 5) is 24.1. The Hall–Kier alpha value is -3.89. The molecular formula is C24H25F6N7O3S. The van der Waals surface area contributed by atoms with Gasteiger partial charge >= 0.3 is 24.4 Å². The summed E-state index contributed by atoms with van der Waals surface area (Å²) in [5, 5.41) is 2.15. The van der Waals surface area contributed by atoms with Gasteiger partial charge in [0, 0.05) is 38.1 Å². The third-order valence-corrected chi connectivity index (χ3v) is 6.43. The summed E-state index contributed by atoms with van der Waals surface area (Å²) in [6, 6.07) is 2.01. The molecule has 0 atom stereocenters. The summed E-state index contributed by atoms with van der Waals surface area (Å²) < 4.78 is 98.6. The molecule has 0 aliphatic carbocycles. The van der Waals surface area contributed by atoms with Gasteiger partial charge in [-0.2, -0.15) is 35.7 Å². The zero-order valence-corrected chi connectivity index (χ0v) is 22.4. The second-order valence-electron chi connectivity index (χ2n) is 8.91. The van der Waals surface area contributed by atoms with Gasteiger partial charge in [-0.05, 0) is 30.7 Å². The van der Waals surface area contributed by atoms with Crippen molar-refractivity contribution >= 4 is 29.3 Å². The van der Waals surface area contributed by atoms with E-state index in [1.165, 1.54) is 4.90 Å². The van der Waals surface area contributed by atoms with Crippen LogP contribution in [0, 0.1) is 0 Å². The van der Waals surface area contributed by atoms with E-state index in [2.05, 4.69) is 24.0 Å². The number of rotatable bonds is 9. The van der Waals surface area contributed by atoms with Crippen LogP contribution in [0.4, 0.5) is 42.6 Å². The van der Waals surface area contributed by atoms with Crippen LogP contribution in [0.2, 0.25) is 0 Å². The van der Waals surface area contributed by atoms with E-state index in [1.807, 2.05) is 11.8 Å². The number of hydrogen-bond acceptors (Lipinski definition) is 9. The van der Waals surface area contributed by atoms with Crippen molar-refractivity contribution in [1.82, 2.24) is 23.6 Å². The van der Waals surface area contributed by atoms with Crippen LogP contribution in [0.25, 0.3) is 0 Å². The Morgan fingerprint density at radius 2 is 1.68 bits per heavy atom. The fraction of sp³-hybridized carbons (Fsp3) is 0.458. The van der Waals surface area contributed by atoms with Crippen molar-refractivity contribution in [2.24, 2.45) is 0 Å². The molecule has 0 saturated carbocycles. The highest BCUT2D eigenvalue weighted by Gasteiger charge is 2.37. The van der Waals surface area contributed by atoms with Crippen molar-refractivity contribution in [2.45, 2.75) is 38.7 Å². The number of amides is 2. The number of hydrogen-bond donors (Lipinski definition) is 1. The Morgan fingerprint density at radius 1 is 1.00 bits per heavy atom. The zero-order chi connectivity index (χ0) is 29.6. The molecule has 2 amide bonds. The predicted molar refractivity (Wildman–Crippen MR) is 136 cm³/mol. The Bertz CT molecular complexity index is 1300. The van der Waals surface area contributed by atoms with Crippen LogP contribution in [0.1, 0.15) is 36.6 Å². The summed E-state index contributed by atoms with van der Waals surface area (Å²) in [7, 11) is 0. The van der Waals surface area contributed by atoms with Crippen LogP contribution in [-0.4, -0.2) is 62.4 Å². The first-order valence-corrected chi connectivity index (χ1v) is 13.2. The van der Waals surface area contributed by atoms with Crippen LogP contribution >= 0.6 is 11.7 Å². The molecule has 0 unspecified atom stereocenters. The molecule has 3 aromatic rings. The number of unbranched alkanes of at least 4 members (excludes halogenated alkanes) is 1. The maximum Gasteiger partial charge on any atom is 0.416 e. The number of nitrogens with zero attached hydrogens (tertiary/aromatic N) is 6. The first kappa shape index (κ1) is 30.1. The molecule has 1 aliphatic rings. The topological polar surface area (TPSA) is 106 Å². The summed E-state index contributed by atoms with van der Waals surface area (Å²) in [5.41, 5.74) is -3.07. The highest BCUT2D eigenvalue weighted by atomic mass is 32.1. The largest absolute Gasteiger partial charge is 0.468 e. The minimum absolute atomic E-state index is 0.00101. The lowest BCUT2D eigenvalue weighted by molar-refractivity contribution is -0.143. The van der Waals surface area contributed by atoms with Gasteiger partial charge < -0.3 is 24.6 Å². The third kappa shape index (κ3) is 8.08. The number of carbonyl (C=O) groups is 1. The van der Waals surface area contributed by atoms with Gasteiger partial charge in [-0.25, -0.2) is 9.78 Å². The molecule has 17 heteroatoms. The maximum absolute atomic E-state index is 13.1. The van der Waals surface area contributed by atoms with Gasteiger partial charge in [-0.3, -0.25) is 0 Å². The fourth-order valence-electron chi connectivity index (χ4n) is 3.79. The van der Waals surface area contributed by atoms with E-state index in [0.717, 1.165) is 24.6 Å². The van der Waals surface area contributed by atoms with Crippen LogP contribution < -0.4 is 19.7 Å². The Labute approximate surface area is 234 Å². The van der Waals surface area contributed by atoms with Crippen molar-refractivity contribution in [2.75, 3.05) is 43.0 Å². The number of nitrogens with one attached hydrogen (secondary N) is 1. The third-order valence-electron chi connectivity index (χ3n) is 5.92. The lowest BCUT2D eigenvalue weighted by Gasteiger charge is -2.34. The molecule has 1 fully saturated rings. The van der Waals surface area contributed by atoms with Gasteiger partial charge in [-0.1, -0.05) is 13.3 Å². The number of piperazine rings is 1. The number of halogens is 6. The number of ether oxygens (including phenoxy) is 2. The summed E-state index contributed by atoms with van der Waals surface area (Å²) in [6.07, 6.45) is -6.64. The standard InChI is InChI=1S/C24H25F6N7O3S/c1-2-3-10-39-21-31-5-4-17(32-21)14-40-20-19(34-41-35-20)36-6-8-37(9-7-36)22(38)33-18-12-15(23(25,26)27)11-16(13-18)24(28,29)30/h4-5,11-13H,2-3,6-10,14H2,1H3,(H,33,38). The Morgan fingerprint density at radius 3 is 2.32 bits per heavy atom. The molecule has 1 N–H and O–H groups in total.